The number of anilines is 1. The molecule has 0 atom stereocenters. The molecule has 0 fully saturated rings. The number of nitrogens with one attached hydrogen (secondary N) is 1. The van der Waals surface area contributed by atoms with Gasteiger partial charge < -0.3 is 20.3 Å². The van der Waals surface area contributed by atoms with Gasteiger partial charge >= 0.3 is 0 Å². The van der Waals surface area contributed by atoms with Gasteiger partial charge in [-0.2, -0.15) is 5.26 Å². The Kier molecular flexibility index (Phi) is 6.07. The lowest BCUT2D eigenvalue weighted by Crippen LogP contribution is -2.13. The highest BCUT2D eigenvalue weighted by Gasteiger charge is 2.16. The fraction of sp³-hybridized carbons (Fsp3) is 0.0588. The summed E-state index contributed by atoms with van der Waals surface area (Å²) in [5.74, 6) is -0.446. The highest BCUT2D eigenvalue weighted by Crippen LogP contribution is 2.42. The van der Waals surface area contributed by atoms with Crippen LogP contribution in [0.1, 0.15) is 5.56 Å². The zero-order chi connectivity index (χ0) is 18.6. The normalized spacial score (nSPS) is 10.9. The van der Waals surface area contributed by atoms with Gasteiger partial charge in [0.25, 0.3) is 5.91 Å². The van der Waals surface area contributed by atoms with Crippen molar-refractivity contribution in [2.75, 3.05) is 12.4 Å². The lowest BCUT2D eigenvalue weighted by molar-refractivity contribution is -0.112. The summed E-state index contributed by atoms with van der Waals surface area (Å²) in [6, 6.07) is 9.20. The van der Waals surface area contributed by atoms with Crippen LogP contribution in [-0.4, -0.2) is 23.2 Å². The SMILES string of the molecule is COc1cc(/C=C(/C#N)C(=O)Nc2ccc(O)cc2)c(Br)c(Br)c1O. The van der Waals surface area contributed by atoms with E-state index in [9.17, 15) is 20.3 Å². The number of phenols is 2. The first kappa shape index (κ1) is 18.8. The van der Waals surface area contributed by atoms with Crippen LogP contribution in [0.5, 0.6) is 17.2 Å². The average Bonchev–Trinajstić information content (AvgIpc) is 2.61. The molecule has 0 aliphatic rings. The second-order valence-corrected chi connectivity index (χ2v) is 6.40. The largest absolute Gasteiger partial charge is 0.508 e. The van der Waals surface area contributed by atoms with Crippen LogP contribution in [0, 0.1) is 11.3 Å². The highest BCUT2D eigenvalue weighted by atomic mass is 79.9. The maximum Gasteiger partial charge on any atom is 0.266 e. The van der Waals surface area contributed by atoms with Crippen molar-refractivity contribution in [2.24, 2.45) is 0 Å². The summed E-state index contributed by atoms with van der Waals surface area (Å²) in [7, 11) is 1.39. The van der Waals surface area contributed by atoms with Crippen LogP contribution in [0.3, 0.4) is 0 Å². The summed E-state index contributed by atoms with van der Waals surface area (Å²) in [6.07, 6.45) is 1.37. The Balaban J connectivity index is 2.37. The molecule has 25 heavy (non-hydrogen) atoms. The van der Waals surface area contributed by atoms with Crippen LogP contribution in [-0.2, 0) is 4.79 Å². The van der Waals surface area contributed by atoms with Crippen LogP contribution >= 0.6 is 31.9 Å². The topological polar surface area (TPSA) is 103 Å². The Bertz CT molecular complexity index is 887. The van der Waals surface area contributed by atoms with Gasteiger partial charge in [-0.3, -0.25) is 4.79 Å². The van der Waals surface area contributed by atoms with Gasteiger partial charge in [0.2, 0.25) is 0 Å². The lowest BCUT2D eigenvalue weighted by Gasteiger charge is -2.10. The van der Waals surface area contributed by atoms with Crippen molar-refractivity contribution in [1.29, 1.82) is 5.26 Å². The Hall–Kier alpha value is -2.50. The van der Waals surface area contributed by atoms with Crippen LogP contribution in [0.15, 0.2) is 44.9 Å². The number of amides is 1. The van der Waals surface area contributed by atoms with E-state index in [1.165, 1.54) is 43.5 Å². The zero-order valence-corrected chi connectivity index (χ0v) is 16.1. The molecule has 1 amide bonds. The molecule has 0 aliphatic carbocycles. The molecule has 0 radical (unpaired) electrons. The predicted molar refractivity (Wildman–Crippen MR) is 100 cm³/mol. The molecule has 8 heteroatoms. The van der Waals surface area contributed by atoms with E-state index < -0.39 is 5.91 Å². The van der Waals surface area contributed by atoms with Gasteiger partial charge in [-0.15, -0.1) is 0 Å². The van der Waals surface area contributed by atoms with Gasteiger partial charge in [-0.05, 0) is 73.8 Å². The van der Waals surface area contributed by atoms with Gasteiger partial charge in [0, 0.05) is 10.2 Å². The summed E-state index contributed by atoms with van der Waals surface area (Å²) >= 11 is 6.52. The van der Waals surface area contributed by atoms with E-state index >= 15 is 0 Å². The van der Waals surface area contributed by atoms with Crippen LogP contribution in [0.25, 0.3) is 6.08 Å². The van der Waals surface area contributed by atoms with Crippen LogP contribution in [0.2, 0.25) is 0 Å². The third-order valence-electron chi connectivity index (χ3n) is 3.18. The number of carbonyl (C=O) groups is 1. The fourth-order valence-electron chi connectivity index (χ4n) is 1.92. The zero-order valence-electron chi connectivity index (χ0n) is 12.9. The number of halogens is 2. The minimum atomic E-state index is -0.608. The standard InChI is InChI=1S/C17H12Br2N2O4/c1-25-13-7-9(14(18)15(19)16(13)23)6-10(8-20)17(24)21-11-2-4-12(22)5-3-11/h2-7,22-23H,1H3,(H,21,24)/b10-6-. The van der Waals surface area contributed by atoms with Crippen molar-refractivity contribution in [3.8, 4) is 23.3 Å². The van der Waals surface area contributed by atoms with Gasteiger partial charge in [-0.1, -0.05) is 0 Å². The third-order valence-corrected chi connectivity index (χ3v) is 5.34. The van der Waals surface area contributed by atoms with E-state index in [0.29, 0.717) is 20.2 Å². The number of benzene rings is 2. The molecule has 0 bridgehead atoms. The molecule has 128 valence electrons. The molecular weight excluding hydrogens is 456 g/mol. The molecule has 2 rings (SSSR count). The van der Waals surface area contributed by atoms with Crippen molar-refractivity contribution < 1.29 is 19.7 Å². The van der Waals surface area contributed by atoms with Crippen molar-refractivity contribution in [3.05, 3.63) is 50.4 Å². The Morgan fingerprint density at radius 1 is 1.24 bits per heavy atom. The third kappa shape index (κ3) is 4.32. The monoisotopic (exact) mass is 466 g/mol. The molecule has 0 aromatic heterocycles. The van der Waals surface area contributed by atoms with Crippen molar-refractivity contribution in [2.45, 2.75) is 0 Å². The predicted octanol–water partition coefficient (Wildman–Crippen LogP) is 4.18. The maximum atomic E-state index is 12.3. The fourth-order valence-corrected chi connectivity index (χ4v) is 2.76. The highest BCUT2D eigenvalue weighted by molar-refractivity contribution is 9.13. The van der Waals surface area contributed by atoms with E-state index in [1.54, 1.807) is 0 Å². The Morgan fingerprint density at radius 3 is 2.44 bits per heavy atom. The molecule has 0 saturated carbocycles. The molecule has 0 saturated heterocycles. The molecule has 0 unspecified atom stereocenters. The van der Waals surface area contributed by atoms with Crippen molar-refractivity contribution in [3.63, 3.8) is 0 Å². The minimum Gasteiger partial charge on any atom is -0.508 e. The van der Waals surface area contributed by atoms with Crippen molar-refractivity contribution in [1.82, 2.24) is 0 Å². The first-order chi connectivity index (χ1) is 11.9. The minimum absolute atomic E-state index is 0.0685. The van der Waals surface area contributed by atoms with Gasteiger partial charge in [-0.25, -0.2) is 0 Å². The quantitative estimate of drug-likeness (QED) is 0.355. The second-order valence-electron chi connectivity index (χ2n) is 4.82. The van der Waals surface area contributed by atoms with E-state index in [4.69, 9.17) is 4.74 Å². The summed E-state index contributed by atoms with van der Waals surface area (Å²) in [5.41, 5.74) is 0.764. The number of ether oxygens (including phenoxy) is 1. The molecule has 6 nitrogen and oxygen atoms in total. The van der Waals surface area contributed by atoms with E-state index in [0.717, 1.165) is 0 Å². The molecule has 0 spiro atoms. The van der Waals surface area contributed by atoms with Crippen LogP contribution < -0.4 is 10.1 Å². The van der Waals surface area contributed by atoms with Crippen molar-refractivity contribution >= 4 is 49.5 Å². The first-order valence-corrected chi connectivity index (χ1v) is 8.43. The molecular formula is C17H12Br2N2O4. The maximum absolute atomic E-state index is 12.3. The Labute approximate surface area is 160 Å². The first-order valence-electron chi connectivity index (χ1n) is 6.84. The smallest absolute Gasteiger partial charge is 0.266 e. The summed E-state index contributed by atoms with van der Waals surface area (Å²) in [4.78, 5) is 12.3. The molecule has 0 heterocycles. The van der Waals surface area contributed by atoms with Gasteiger partial charge in [0.1, 0.15) is 17.4 Å². The summed E-state index contributed by atoms with van der Waals surface area (Å²) in [5, 5.41) is 31.0. The summed E-state index contributed by atoms with van der Waals surface area (Å²) < 4.78 is 5.88. The molecule has 2 aromatic carbocycles. The lowest BCUT2D eigenvalue weighted by atomic mass is 10.1. The molecule has 3 N–H and O–H groups in total. The number of aromatic hydroxyl groups is 2. The number of methoxy groups -OCH3 is 1. The molecule has 0 aliphatic heterocycles. The number of nitrogens with zero attached hydrogens (tertiary/aromatic N) is 1. The molecule has 2 aromatic rings. The number of rotatable bonds is 4. The Morgan fingerprint density at radius 2 is 1.88 bits per heavy atom. The van der Waals surface area contributed by atoms with E-state index in [1.807, 2.05) is 6.07 Å². The second kappa shape index (κ2) is 8.05. The van der Waals surface area contributed by atoms with Gasteiger partial charge in [0.05, 0.1) is 11.6 Å². The van der Waals surface area contributed by atoms with E-state index in [2.05, 4.69) is 37.2 Å². The number of phenolic OH excluding ortho intramolecular Hbond substituents is 2. The number of nitriles is 1. The summed E-state index contributed by atoms with van der Waals surface area (Å²) in [6.45, 7) is 0. The van der Waals surface area contributed by atoms with Crippen LogP contribution in [0.4, 0.5) is 5.69 Å². The average molecular weight is 468 g/mol. The van der Waals surface area contributed by atoms with E-state index in [-0.39, 0.29) is 22.8 Å². The number of hydrogen-bond donors (Lipinski definition) is 3. The number of carbonyl (C=O) groups excluding carboxylic acids is 1. The number of hydrogen-bond acceptors (Lipinski definition) is 5. The van der Waals surface area contributed by atoms with Gasteiger partial charge in [0.15, 0.2) is 11.5 Å².